The number of aromatic nitrogens is 3. The molecule has 7 heteroatoms. The summed E-state index contributed by atoms with van der Waals surface area (Å²) in [4.78, 5) is 14.9. The summed E-state index contributed by atoms with van der Waals surface area (Å²) >= 11 is 0. The van der Waals surface area contributed by atoms with Crippen LogP contribution < -0.4 is 16.0 Å². The van der Waals surface area contributed by atoms with Gasteiger partial charge < -0.3 is 20.7 Å². The first-order chi connectivity index (χ1) is 9.66. The predicted octanol–water partition coefficient (Wildman–Crippen LogP) is 1.28. The molecule has 1 aliphatic rings. The molecule has 1 aromatic heterocycles. The second kappa shape index (κ2) is 6.69. The zero-order chi connectivity index (χ0) is 14.5. The quantitative estimate of drug-likeness (QED) is 0.811. The third-order valence-electron chi connectivity index (χ3n) is 3.74. The minimum atomic E-state index is 0.255. The molecule has 1 heterocycles. The highest BCUT2D eigenvalue weighted by atomic mass is 16.5. The molecule has 1 aliphatic carbocycles. The third kappa shape index (κ3) is 3.47. The predicted molar refractivity (Wildman–Crippen MR) is 79.9 cm³/mol. The van der Waals surface area contributed by atoms with E-state index in [2.05, 4.69) is 39.0 Å². The summed E-state index contributed by atoms with van der Waals surface area (Å²) < 4.78 is 5.37. The van der Waals surface area contributed by atoms with E-state index in [-0.39, 0.29) is 5.95 Å². The van der Waals surface area contributed by atoms with E-state index in [1.54, 1.807) is 7.11 Å². The van der Waals surface area contributed by atoms with Crippen LogP contribution in [0.5, 0.6) is 0 Å². The number of methoxy groups -OCH3 is 1. The monoisotopic (exact) mass is 280 g/mol. The van der Waals surface area contributed by atoms with Crippen LogP contribution in [0.15, 0.2) is 0 Å². The fourth-order valence-corrected chi connectivity index (χ4v) is 2.56. The van der Waals surface area contributed by atoms with Gasteiger partial charge in [-0.25, -0.2) is 0 Å². The summed E-state index contributed by atoms with van der Waals surface area (Å²) in [5, 5.41) is 3.34. The first kappa shape index (κ1) is 14.8. The van der Waals surface area contributed by atoms with Crippen LogP contribution in [-0.2, 0) is 4.74 Å². The SMILES string of the molecule is CCN(CC)c1nc(N)nc(NC2CCC(OC)C2)n1. The summed E-state index contributed by atoms with van der Waals surface area (Å²) in [6.07, 6.45) is 3.43. The number of hydrogen-bond acceptors (Lipinski definition) is 7. The Hall–Kier alpha value is -1.63. The van der Waals surface area contributed by atoms with E-state index in [4.69, 9.17) is 10.5 Å². The summed E-state index contributed by atoms with van der Waals surface area (Å²) in [7, 11) is 1.76. The maximum absolute atomic E-state index is 5.78. The molecule has 0 saturated heterocycles. The summed E-state index contributed by atoms with van der Waals surface area (Å²) in [6, 6.07) is 0.339. The van der Waals surface area contributed by atoms with Crippen molar-refractivity contribution in [2.45, 2.75) is 45.3 Å². The third-order valence-corrected chi connectivity index (χ3v) is 3.74. The lowest BCUT2D eigenvalue weighted by Gasteiger charge is -2.20. The molecule has 2 rings (SSSR count). The van der Waals surface area contributed by atoms with Gasteiger partial charge in [0, 0.05) is 26.2 Å². The Bertz CT molecular complexity index is 437. The lowest BCUT2D eigenvalue weighted by Crippen LogP contribution is -2.26. The van der Waals surface area contributed by atoms with Gasteiger partial charge in [-0.1, -0.05) is 0 Å². The van der Waals surface area contributed by atoms with Gasteiger partial charge in [0.1, 0.15) is 0 Å². The largest absolute Gasteiger partial charge is 0.381 e. The molecule has 20 heavy (non-hydrogen) atoms. The molecule has 0 bridgehead atoms. The smallest absolute Gasteiger partial charge is 0.231 e. The lowest BCUT2D eigenvalue weighted by molar-refractivity contribution is 0.108. The molecular weight excluding hydrogens is 256 g/mol. The van der Waals surface area contributed by atoms with Crippen LogP contribution in [0.4, 0.5) is 17.8 Å². The van der Waals surface area contributed by atoms with E-state index in [0.29, 0.717) is 24.0 Å². The molecule has 0 radical (unpaired) electrons. The first-order valence-electron chi connectivity index (χ1n) is 7.22. The average Bonchev–Trinajstić information content (AvgIpc) is 2.87. The molecule has 1 saturated carbocycles. The number of rotatable bonds is 6. The van der Waals surface area contributed by atoms with E-state index in [1.807, 2.05) is 0 Å². The maximum Gasteiger partial charge on any atom is 0.231 e. The van der Waals surface area contributed by atoms with Crippen LogP contribution in [0.3, 0.4) is 0 Å². The standard InChI is InChI=1S/C13H24N6O/c1-4-19(5-2)13-17-11(14)16-12(18-13)15-9-6-7-10(8-9)20-3/h9-10H,4-8H2,1-3H3,(H3,14,15,16,17,18). The van der Waals surface area contributed by atoms with Crippen LogP contribution in [0.2, 0.25) is 0 Å². The number of nitrogens with two attached hydrogens (primary N) is 1. The van der Waals surface area contributed by atoms with E-state index in [0.717, 1.165) is 32.4 Å². The minimum Gasteiger partial charge on any atom is -0.381 e. The van der Waals surface area contributed by atoms with Gasteiger partial charge in [0.15, 0.2) is 0 Å². The molecule has 2 atom stereocenters. The molecule has 112 valence electrons. The number of hydrogen-bond donors (Lipinski definition) is 2. The Labute approximate surface area is 119 Å². The van der Waals surface area contributed by atoms with Gasteiger partial charge in [0.2, 0.25) is 17.8 Å². The number of nitrogens with zero attached hydrogens (tertiary/aromatic N) is 4. The second-order valence-electron chi connectivity index (χ2n) is 5.00. The van der Waals surface area contributed by atoms with Crippen molar-refractivity contribution in [3.8, 4) is 0 Å². The van der Waals surface area contributed by atoms with Crippen molar-refractivity contribution >= 4 is 17.8 Å². The molecule has 0 aromatic carbocycles. The van der Waals surface area contributed by atoms with Crippen molar-refractivity contribution in [1.82, 2.24) is 15.0 Å². The lowest BCUT2D eigenvalue weighted by atomic mass is 10.2. The van der Waals surface area contributed by atoms with Crippen LogP contribution in [0.1, 0.15) is 33.1 Å². The van der Waals surface area contributed by atoms with Gasteiger partial charge in [0.05, 0.1) is 6.10 Å². The van der Waals surface area contributed by atoms with E-state index in [9.17, 15) is 0 Å². The average molecular weight is 280 g/mol. The Morgan fingerprint density at radius 3 is 2.60 bits per heavy atom. The Balaban J connectivity index is 2.08. The highest BCUT2D eigenvalue weighted by Crippen LogP contribution is 2.24. The van der Waals surface area contributed by atoms with Gasteiger partial charge in [-0.3, -0.25) is 0 Å². The molecule has 0 amide bonds. The van der Waals surface area contributed by atoms with Crippen LogP contribution in [-0.4, -0.2) is 47.3 Å². The summed E-state index contributed by atoms with van der Waals surface area (Å²) in [5.41, 5.74) is 5.78. The Morgan fingerprint density at radius 2 is 2.00 bits per heavy atom. The zero-order valence-corrected chi connectivity index (χ0v) is 12.5. The number of nitrogens with one attached hydrogen (secondary N) is 1. The molecule has 3 N–H and O–H groups in total. The Kier molecular flexibility index (Phi) is 4.94. The Morgan fingerprint density at radius 1 is 1.25 bits per heavy atom. The topological polar surface area (TPSA) is 89.2 Å². The van der Waals surface area contributed by atoms with Crippen molar-refractivity contribution in [2.75, 3.05) is 36.1 Å². The van der Waals surface area contributed by atoms with E-state index >= 15 is 0 Å². The highest BCUT2D eigenvalue weighted by Gasteiger charge is 2.25. The van der Waals surface area contributed by atoms with Crippen molar-refractivity contribution < 1.29 is 4.74 Å². The van der Waals surface area contributed by atoms with Crippen molar-refractivity contribution in [1.29, 1.82) is 0 Å². The van der Waals surface area contributed by atoms with E-state index in [1.165, 1.54) is 0 Å². The number of anilines is 3. The molecule has 7 nitrogen and oxygen atoms in total. The molecule has 1 fully saturated rings. The normalized spacial score (nSPS) is 21.9. The maximum atomic E-state index is 5.78. The molecular formula is C13H24N6O. The number of nitrogen functional groups attached to an aromatic ring is 1. The molecule has 0 spiro atoms. The summed E-state index contributed by atoms with van der Waals surface area (Å²) in [6.45, 7) is 5.82. The van der Waals surface area contributed by atoms with Crippen LogP contribution >= 0.6 is 0 Å². The highest BCUT2D eigenvalue weighted by molar-refractivity contribution is 5.42. The van der Waals surface area contributed by atoms with Gasteiger partial charge in [-0.2, -0.15) is 15.0 Å². The summed E-state index contributed by atoms with van der Waals surface area (Å²) in [5.74, 6) is 1.44. The zero-order valence-electron chi connectivity index (χ0n) is 12.5. The molecule has 2 unspecified atom stereocenters. The first-order valence-corrected chi connectivity index (χ1v) is 7.22. The molecule has 1 aromatic rings. The van der Waals surface area contributed by atoms with Crippen LogP contribution in [0, 0.1) is 0 Å². The van der Waals surface area contributed by atoms with Crippen molar-refractivity contribution in [3.63, 3.8) is 0 Å². The van der Waals surface area contributed by atoms with Gasteiger partial charge in [0.25, 0.3) is 0 Å². The minimum absolute atomic E-state index is 0.255. The fourth-order valence-electron chi connectivity index (χ4n) is 2.56. The van der Waals surface area contributed by atoms with E-state index < -0.39 is 0 Å². The molecule has 0 aliphatic heterocycles. The fraction of sp³-hybridized carbons (Fsp3) is 0.769. The second-order valence-corrected chi connectivity index (χ2v) is 5.00. The van der Waals surface area contributed by atoms with Crippen molar-refractivity contribution in [3.05, 3.63) is 0 Å². The van der Waals surface area contributed by atoms with Crippen LogP contribution in [0.25, 0.3) is 0 Å². The van der Waals surface area contributed by atoms with Gasteiger partial charge >= 0.3 is 0 Å². The van der Waals surface area contributed by atoms with Crippen molar-refractivity contribution in [2.24, 2.45) is 0 Å². The number of ether oxygens (including phenoxy) is 1. The van der Waals surface area contributed by atoms with Gasteiger partial charge in [-0.05, 0) is 33.1 Å². The van der Waals surface area contributed by atoms with Gasteiger partial charge in [-0.15, -0.1) is 0 Å².